The molecular formula is C16H26BN5O3SSi. The number of sulfone groups is 1. The van der Waals surface area contributed by atoms with Gasteiger partial charge in [-0.05, 0) is 6.04 Å². The van der Waals surface area contributed by atoms with Gasteiger partial charge < -0.3 is 4.74 Å². The van der Waals surface area contributed by atoms with Crippen molar-refractivity contribution in [2.45, 2.75) is 36.6 Å². The normalized spacial score (nSPS) is 17.9. The van der Waals surface area contributed by atoms with Crippen LogP contribution in [0.2, 0.25) is 25.7 Å². The van der Waals surface area contributed by atoms with Gasteiger partial charge in [0, 0.05) is 38.9 Å². The van der Waals surface area contributed by atoms with Crippen LogP contribution in [0.1, 0.15) is 11.6 Å². The standard InChI is InChI=1S/C16H26BN5O3SSi/c1-26(23,24)16-15-18-8-13(22(15)10-14(17)20-16)12-7-19-21(9-12)11-25-5-6-27(2,3)4/h7-8,10,12H,5-6,9,11,17H2,1-4H3. The van der Waals surface area contributed by atoms with Crippen LogP contribution in [0.4, 0.5) is 0 Å². The van der Waals surface area contributed by atoms with E-state index in [0.717, 1.165) is 24.6 Å². The predicted octanol–water partition coefficient (Wildman–Crippen LogP) is 0.0885. The lowest BCUT2D eigenvalue weighted by Crippen LogP contribution is -2.25. The Balaban J connectivity index is 1.73. The number of hydrogen-bond donors (Lipinski definition) is 0. The first kappa shape index (κ1) is 20.0. The molecule has 8 nitrogen and oxygen atoms in total. The summed E-state index contributed by atoms with van der Waals surface area (Å²) in [6, 6.07) is 1.13. The van der Waals surface area contributed by atoms with E-state index in [1.807, 2.05) is 21.8 Å². The zero-order valence-corrected chi connectivity index (χ0v) is 18.3. The zero-order valence-electron chi connectivity index (χ0n) is 16.5. The highest BCUT2D eigenvalue weighted by Gasteiger charge is 2.25. The van der Waals surface area contributed by atoms with Crippen molar-refractivity contribution in [3.8, 4) is 0 Å². The van der Waals surface area contributed by atoms with E-state index in [2.05, 4.69) is 34.7 Å². The van der Waals surface area contributed by atoms with Crippen molar-refractivity contribution in [1.29, 1.82) is 0 Å². The Morgan fingerprint density at radius 1 is 1.37 bits per heavy atom. The molecule has 0 saturated carbocycles. The molecule has 0 spiro atoms. The van der Waals surface area contributed by atoms with Crippen molar-refractivity contribution in [3.63, 3.8) is 0 Å². The van der Waals surface area contributed by atoms with Crippen LogP contribution in [0.15, 0.2) is 22.5 Å². The lowest BCUT2D eigenvalue weighted by Gasteiger charge is -2.19. The van der Waals surface area contributed by atoms with Crippen LogP contribution in [0, 0.1) is 0 Å². The molecule has 3 rings (SSSR count). The largest absolute Gasteiger partial charge is 0.360 e. The van der Waals surface area contributed by atoms with Gasteiger partial charge in [0.1, 0.15) is 6.73 Å². The summed E-state index contributed by atoms with van der Waals surface area (Å²) in [5.74, 6) is 0.0230. The average molecular weight is 407 g/mol. The van der Waals surface area contributed by atoms with Gasteiger partial charge in [-0.3, -0.25) is 9.41 Å². The van der Waals surface area contributed by atoms with Crippen LogP contribution in [0.5, 0.6) is 0 Å². The quantitative estimate of drug-likeness (QED) is 0.478. The Morgan fingerprint density at radius 3 is 2.78 bits per heavy atom. The van der Waals surface area contributed by atoms with Gasteiger partial charge in [0.05, 0.1) is 24.4 Å². The second kappa shape index (κ2) is 7.36. The molecule has 11 heteroatoms. The van der Waals surface area contributed by atoms with E-state index < -0.39 is 17.9 Å². The Morgan fingerprint density at radius 2 is 2.11 bits per heavy atom. The van der Waals surface area contributed by atoms with Crippen LogP contribution >= 0.6 is 0 Å². The summed E-state index contributed by atoms with van der Waals surface area (Å²) >= 11 is 0. The Kier molecular flexibility index (Phi) is 5.46. The summed E-state index contributed by atoms with van der Waals surface area (Å²) < 4.78 is 31.6. The number of hydrogen-bond acceptors (Lipinski definition) is 7. The Bertz CT molecular complexity index is 970. The summed E-state index contributed by atoms with van der Waals surface area (Å²) in [6.07, 6.45) is 6.53. The van der Waals surface area contributed by atoms with Gasteiger partial charge in [-0.1, -0.05) is 19.6 Å². The highest BCUT2D eigenvalue weighted by Crippen LogP contribution is 2.23. The highest BCUT2D eigenvalue weighted by molar-refractivity contribution is 7.90. The van der Waals surface area contributed by atoms with Gasteiger partial charge in [-0.15, -0.1) is 0 Å². The molecule has 0 fully saturated rings. The van der Waals surface area contributed by atoms with Gasteiger partial charge >= 0.3 is 0 Å². The molecule has 2 aromatic rings. The van der Waals surface area contributed by atoms with E-state index in [1.54, 1.807) is 14.0 Å². The maximum Gasteiger partial charge on any atom is 0.197 e. The van der Waals surface area contributed by atoms with E-state index in [4.69, 9.17) is 4.74 Å². The summed E-state index contributed by atoms with van der Waals surface area (Å²) in [6.45, 7) is 8.87. The van der Waals surface area contributed by atoms with Crippen LogP contribution in [-0.4, -0.2) is 76.1 Å². The molecule has 0 aromatic carbocycles. The fraction of sp³-hybridized carbons (Fsp3) is 0.562. The first-order chi connectivity index (χ1) is 12.5. The Labute approximate surface area is 162 Å². The van der Waals surface area contributed by atoms with Crippen molar-refractivity contribution in [1.82, 2.24) is 19.4 Å². The number of aromatic nitrogens is 3. The van der Waals surface area contributed by atoms with Gasteiger partial charge in [-0.25, -0.2) is 18.4 Å². The summed E-state index contributed by atoms with van der Waals surface area (Å²) in [5.41, 5.74) is 1.88. The van der Waals surface area contributed by atoms with Crippen molar-refractivity contribution < 1.29 is 13.2 Å². The van der Waals surface area contributed by atoms with Gasteiger partial charge in [0.2, 0.25) is 0 Å². The molecule has 146 valence electrons. The van der Waals surface area contributed by atoms with Gasteiger partial charge in [-0.2, -0.15) is 5.10 Å². The molecule has 27 heavy (non-hydrogen) atoms. The van der Waals surface area contributed by atoms with Crippen molar-refractivity contribution in [2.24, 2.45) is 5.10 Å². The highest BCUT2D eigenvalue weighted by atomic mass is 32.2. The molecule has 3 heterocycles. The lowest BCUT2D eigenvalue weighted by molar-refractivity contribution is 0.0418. The van der Waals surface area contributed by atoms with Crippen molar-refractivity contribution >= 4 is 43.2 Å². The molecule has 0 N–H and O–H groups in total. The first-order valence-electron chi connectivity index (χ1n) is 8.96. The van der Waals surface area contributed by atoms with Crippen molar-refractivity contribution in [3.05, 3.63) is 18.1 Å². The van der Waals surface area contributed by atoms with Crippen LogP contribution in [0.25, 0.3) is 5.65 Å². The number of ether oxygens (including phenoxy) is 1. The number of nitrogens with zero attached hydrogens (tertiary/aromatic N) is 5. The maximum absolute atomic E-state index is 12.0. The monoisotopic (exact) mass is 407 g/mol. The third kappa shape index (κ3) is 4.77. The molecule has 0 aliphatic carbocycles. The van der Waals surface area contributed by atoms with E-state index >= 15 is 0 Å². The number of fused-ring (bicyclic) bond motifs is 1. The number of rotatable bonds is 7. The minimum absolute atomic E-state index is 0.00946. The molecule has 0 bridgehead atoms. The number of hydrazone groups is 1. The van der Waals surface area contributed by atoms with Gasteiger partial charge in [0.15, 0.2) is 28.4 Å². The van der Waals surface area contributed by atoms with Crippen LogP contribution in [-0.2, 0) is 14.6 Å². The minimum Gasteiger partial charge on any atom is -0.360 e. The third-order valence-electron chi connectivity index (χ3n) is 4.40. The molecular weight excluding hydrogens is 381 g/mol. The second-order valence-electron chi connectivity index (χ2n) is 8.24. The molecule has 0 saturated heterocycles. The molecule has 1 atom stereocenters. The summed E-state index contributed by atoms with van der Waals surface area (Å²) in [5, 5.41) is 6.33. The molecule has 2 aromatic heterocycles. The molecule has 1 aliphatic heterocycles. The van der Waals surface area contributed by atoms with E-state index in [0.29, 0.717) is 24.5 Å². The molecule has 1 aliphatic rings. The number of imidazole rings is 1. The molecule has 0 amide bonds. The van der Waals surface area contributed by atoms with E-state index in [-0.39, 0.29) is 10.9 Å². The Hall–Kier alpha value is -1.72. The van der Waals surface area contributed by atoms with E-state index in [9.17, 15) is 8.42 Å². The third-order valence-corrected chi connectivity index (χ3v) is 7.08. The second-order valence-corrected chi connectivity index (χ2v) is 15.8. The fourth-order valence-corrected chi connectivity index (χ4v) is 4.47. The van der Waals surface area contributed by atoms with Crippen LogP contribution < -0.4 is 5.59 Å². The SMILES string of the molecule is Bc1cn2c(C3C=NN(COCC[Si](C)(C)C)C3)cnc2c(S(C)(=O)=O)n1. The lowest BCUT2D eigenvalue weighted by atomic mass is 10.1. The summed E-state index contributed by atoms with van der Waals surface area (Å²) in [7, 11) is -2.77. The maximum atomic E-state index is 12.0. The molecule has 1 unspecified atom stereocenters. The molecule has 0 radical (unpaired) electrons. The predicted molar refractivity (Wildman–Crippen MR) is 111 cm³/mol. The van der Waals surface area contributed by atoms with Crippen molar-refractivity contribution in [2.75, 3.05) is 26.1 Å². The fourth-order valence-electron chi connectivity index (χ4n) is 2.92. The first-order valence-corrected chi connectivity index (χ1v) is 14.6. The topological polar surface area (TPSA) is 89.2 Å². The van der Waals surface area contributed by atoms with Crippen LogP contribution in [0.3, 0.4) is 0 Å². The summed E-state index contributed by atoms with van der Waals surface area (Å²) in [4.78, 5) is 8.48. The van der Waals surface area contributed by atoms with E-state index in [1.165, 1.54) is 0 Å². The average Bonchev–Trinajstić information content (AvgIpc) is 3.15. The van der Waals surface area contributed by atoms with Gasteiger partial charge in [0.25, 0.3) is 0 Å². The smallest absolute Gasteiger partial charge is 0.197 e. The zero-order chi connectivity index (χ0) is 19.8. The minimum atomic E-state index is -3.46.